The van der Waals surface area contributed by atoms with E-state index >= 15 is 0 Å². The monoisotopic (exact) mass is 514 g/mol. The van der Waals surface area contributed by atoms with Gasteiger partial charge in [0, 0.05) is 17.1 Å². The first-order chi connectivity index (χ1) is 16.4. The molecule has 1 N–H and O–H groups in total. The number of hydrogen-bond acceptors (Lipinski definition) is 5. The topological polar surface area (TPSA) is 75.7 Å². The van der Waals surface area contributed by atoms with Crippen molar-refractivity contribution < 1.29 is 19.1 Å². The summed E-state index contributed by atoms with van der Waals surface area (Å²) >= 11 is 13.7. The third kappa shape index (κ3) is 5.38. The zero-order chi connectivity index (χ0) is 24.2. The molecule has 1 fully saturated rings. The molecular weight excluding hydrogens is 495 g/mol. The third-order valence-electron chi connectivity index (χ3n) is 5.33. The largest absolute Gasteiger partial charge is 0.465 e. The molecule has 34 heavy (non-hydrogen) atoms. The minimum Gasteiger partial charge on any atom is -0.465 e. The van der Waals surface area contributed by atoms with E-state index in [9.17, 15) is 14.4 Å². The van der Waals surface area contributed by atoms with Crippen LogP contribution in [-0.4, -0.2) is 35.5 Å². The minimum absolute atomic E-state index is 0.0619. The van der Waals surface area contributed by atoms with Gasteiger partial charge in [-0.15, -0.1) is 11.8 Å². The SMILES string of the molecule is COC(=O)c1ccc(Cl)c(NC(=O)c2ccc([C@H]3SCC(=O)N3Cc3ccc(Cl)cc3)cc2)c1. The molecule has 1 atom stereocenters. The average Bonchev–Trinajstić information content (AvgIpc) is 3.21. The van der Waals surface area contributed by atoms with E-state index in [0.29, 0.717) is 33.6 Å². The van der Waals surface area contributed by atoms with Crippen LogP contribution in [-0.2, 0) is 16.1 Å². The maximum Gasteiger partial charge on any atom is 0.337 e. The number of esters is 1. The van der Waals surface area contributed by atoms with Crippen molar-refractivity contribution in [3.63, 3.8) is 0 Å². The van der Waals surface area contributed by atoms with Crippen molar-refractivity contribution in [3.05, 3.63) is 99.0 Å². The number of hydrogen-bond donors (Lipinski definition) is 1. The van der Waals surface area contributed by atoms with Crippen molar-refractivity contribution >= 4 is 58.4 Å². The van der Waals surface area contributed by atoms with E-state index in [1.807, 2.05) is 29.2 Å². The van der Waals surface area contributed by atoms with E-state index < -0.39 is 5.97 Å². The van der Waals surface area contributed by atoms with Gasteiger partial charge in [0.1, 0.15) is 5.37 Å². The number of carbonyl (C=O) groups is 3. The summed E-state index contributed by atoms with van der Waals surface area (Å²) in [6.45, 7) is 0.477. The normalized spacial score (nSPS) is 15.3. The minimum atomic E-state index is -0.525. The summed E-state index contributed by atoms with van der Waals surface area (Å²) in [5, 5.41) is 3.53. The predicted octanol–water partition coefficient (Wildman–Crippen LogP) is 5.81. The van der Waals surface area contributed by atoms with Crippen molar-refractivity contribution in [3.8, 4) is 0 Å². The molecule has 0 spiro atoms. The van der Waals surface area contributed by atoms with Crippen LogP contribution in [0, 0.1) is 0 Å². The van der Waals surface area contributed by atoms with Crippen LogP contribution < -0.4 is 5.32 Å². The third-order valence-corrected chi connectivity index (χ3v) is 7.17. The van der Waals surface area contributed by atoms with Crippen molar-refractivity contribution in [2.75, 3.05) is 18.2 Å². The summed E-state index contributed by atoms with van der Waals surface area (Å²) < 4.78 is 4.71. The van der Waals surface area contributed by atoms with Gasteiger partial charge in [-0.3, -0.25) is 9.59 Å². The van der Waals surface area contributed by atoms with E-state index in [1.54, 1.807) is 36.0 Å². The Bertz CT molecular complexity index is 1230. The van der Waals surface area contributed by atoms with Crippen molar-refractivity contribution in [1.29, 1.82) is 0 Å². The number of methoxy groups -OCH3 is 1. The second-order valence-electron chi connectivity index (χ2n) is 7.57. The first-order valence-corrected chi connectivity index (χ1v) is 12.1. The van der Waals surface area contributed by atoms with E-state index in [4.69, 9.17) is 27.9 Å². The fraction of sp³-hybridized carbons (Fsp3) is 0.160. The molecule has 9 heteroatoms. The Morgan fingerprint density at radius 2 is 1.71 bits per heavy atom. The number of nitrogens with one attached hydrogen (secondary N) is 1. The maximum atomic E-state index is 12.8. The van der Waals surface area contributed by atoms with Crippen molar-refractivity contribution in [1.82, 2.24) is 4.90 Å². The molecule has 1 heterocycles. The first kappa shape index (κ1) is 24.1. The summed E-state index contributed by atoms with van der Waals surface area (Å²) in [7, 11) is 1.28. The number of halogens is 2. The van der Waals surface area contributed by atoms with E-state index in [1.165, 1.54) is 25.3 Å². The molecule has 174 valence electrons. The molecule has 4 rings (SSSR count). The summed E-state index contributed by atoms with van der Waals surface area (Å²) in [4.78, 5) is 38.9. The van der Waals surface area contributed by atoms with Gasteiger partial charge < -0.3 is 15.0 Å². The number of benzene rings is 3. The van der Waals surface area contributed by atoms with Gasteiger partial charge in [0.25, 0.3) is 5.91 Å². The fourth-order valence-electron chi connectivity index (χ4n) is 3.55. The Hall–Kier alpha value is -3.00. The molecule has 3 aromatic rings. The lowest BCUT2D eigenvalue weighted by atomic mass is 10.1. The number of rotatable bonds is 6. The number of thioether (sulfide) groups is 1. The van der Waals surface area contributed by atoms with Crippen LogP contribution in [0.15, 0.2) is 66.7 Å². The Morgan fingerprint density at radius 1 is 1.03 bits per heavy atom. The number of carbonyl (C=O) groups excluding carboxylic acids is 3. The molecule has 0 saturated carbocycles. The van der Waals surface area contributed by atoms with Gasteiger partial charge >= 0.3 is 5.97 Å². The van der Waals surface area contributed by atoms with Crippen LogP contribution in [0.2, 0.25) is 10.0 Å². The van der Waals surface area contributed by atoms with Gasteiger partial charge in [0.15, 0.2) is 0 Å². The number of anilines is 1. The Labute approximate surface area is 211 Å². The van der Waals surface area contributed by atoms with E-state index in [2.05, 4.69) is 5.32 Å². The van der Waals surface area contributed by atoms with Crippen LogP contribution in [0.5, 0.6) is 0 Å². The molecule has 0 unspecified atom stereocenters. The van der Waals surface area contributed by atoms with Crippen molar-refractivity contribution in [2.45, 2.75) is 11.9 Å². The molecule has 0 bridgehead atoms. The highest BCUT2D eigenvalue weighted by Crippen LogP contribution is 2.39. The van der Waals surface area contributed by atoms with Gasteiger partial charge in [0.2, 0.25) is 5.91 Å². The van der Waals surface area contributed by atoms with Gasteiger partial charge in [-0.2, -0.15) is 0 Å². The van der Waals surface area contributed by atoms with Crippen LogP contribution in [0.25, 0.3) is 0 Å². The zero-order valence-electron chi connectivity index (χ0n) is 18.1. The highest BCUT2D eigenvalue weighted by atomic mass is 35.5. The first-order valence-electron chi connectivity index (χ1n) is 10.3. The van der Waals surface area contributed by atoms with E-state index in [-0.39, 0.29) is 22.8 Å². The number of nitrogens with zero attached hydrogens (tertiary/aromatic N) is 1. The lowest BCUT2D eigenvalue weighted by Gasteiger charge is -2.24. The van der Waals surface area contributed by atoms with Crippen LogP contribution in [0.1, 0.15) is 37.2 Å². The zero-order valence-corrected chi connectivity index (χ0v) is 20.4. The average molecular weight is 515 g/mol. The molecule has 1 aliphatic rings. The molecule has 1 saturated heterocycles. The molecule has 1 aliphatic heterocycles. The Morgan fingerprint density at radius 3 is 2.38 bits per heavy atom. The number of amides is 2. The van der Waals surface area contributed by atoms with E-state index in [0.717, 1.165) is 11.1 Å². The maximum absolute atomic E-state index is 12.8. The highest BCUT2D eigenvalue weighted by Gasteiger charge is 2.32. The van der Waals surface area contributed by atoms with Crippen LogP contribution in [0.3, 0.4) is 0 Å². The quantitative estimate of drug-likeness (QED) is 0.420. The summed E-state index contributed by atoms with van der Waals surface area (Å²) in [5.41, 5.74) is 2.92. The molecule has 0 aromatic heterocycles. The molecule has 0 radical (unpaired) electrons. The summed E-state index contributed by atoms with van der Waals surface area (Å²) in [6, 6.07) is 19.0. The fourth-order valence-corrected chi connectivity index (χ4v) is 5.03. The lowest BCUT2D eigenvalue weighted by Crippen LogP contribution is -2.27. The van der Waals surface area contributed by atoms with Gasteiger partial charge in [-0.05, 0) is 53.6 Å². The lowest BCUT2D eigenvalue weighted by molar-refractivity contribution is -0.128. The molecule has 3 aromatic carbocycles. The number of ether oxygens (including phenoxy) is 1. The van der Waals surface area contributed by atoms with Gasteiger partial charge in [0.05, 0.1) is 29.1 Å². The highest BCUT2D eigenvalue weighted by molar-refractivity contribution is 8.00. The molecular formula is C25H20Cl2N2O4S. The predicted molar refractivity (Wildman–Crippen MR) is 134 cm³/mol. The molecule has 0 aliphatic carbocycles. The second-order valence-corrected chi connectivity index (χ2v) is 9.49. The Balaban J connectivity index is 1.48. The molecule has 6 nitrogen and oxygen atoms in total. The van der Waals surface area contributed by atoms with Gasteiger partial charge in [-0.1, -0.05) is 47.5 Å². The molecule has 2 amide bonds. The summed E-state index contributed by atoms with van der Waals surface area (Å²) in [6.07, 6.45) is 0. The van der Waals surface area contributed by atoms with Crippen LogP contribution >= 0.6 is 35.0 Å². The standard InChI is InChI=1S/C25H20Cl2N2O4S/c1-33-25(32)18-8-11-20(27)21(12-18)28-23(31)16-4-6-17(7-5-16)24-29(22(30)14-34-24)13-15-2-9-19(26)10-3-15/h2-12,24H,13-14H2,1H3,(H,28,31)/t24-/m1/s1. The van der Waals surface area contributed by atoms with Crippen molar-refractivity contribution in [2.24, 2.45) is 0 Å². The Kier molecular flexibility index (Phi) is 7.46. The smallest absolute Gasteiger partial charge is 0.337 e. The van der Waals surface area contributed by atoms with Gasteiger partial charge in [-0.25, -0.2) is 4.79 Å². The summed E-state index contributed by atoms with van der Waals surface area (Å²) in [5.74, 6) is -0.436. The second kappa shape index (κ2) is 10.5. The van der Waals surface area contributed by atoms with Crippen LogP contribution in [0.4, 0.5) is 5.69 Å².